The van der Waals surface area contributed by atoms with Gasteiger partial charge in [-0.05, 0) is 25.3 Å². The molecule has 0 amide bonds. The Hall–Kier alpha value is -1.10. The number of hydrogen-bond acceptors (Lipinski definition) is 1. The molecule has 1 aromatic rings. The summed E-state index contributed by atoms with van der Waals surface area (Å²) in [5, 5.41) is 3.06. The van der Waals surface area contributed by atoms with E-state index < -0.39 is 18.1 Å². The molecule has 0 radical (unpaired) electrons. The number of hydrogen-bond donors (Lipinski definition) is 1. The Bertz CT molecular complexity index is 458. The van der Waals surface area contributed by atoms with Gasteiger partial charge >= 0.3 is 6.18 Å². The number of halogens is 4. The van der Waals surface area contributed by atoms with Gasteiger partial charge in [0.1, 0.15) is 5.82 Å². The lowest BCUT2D eigenvalue weighted by Gasteiger charge is -2.36. The van der Waals surface area contributed by atoms with Crippen LogP contribution in [0.4, 0.5) is 17.6 Å². The van der Waals surface area contributed by atoms with Crippen molar-refractivity contribution in [1.29, 1.82) is 0 Å². The first-order chi connectivity index (χ1) is 9.93. The monoisotopic (exact) mass is 303 g/mol. The molecule has 0 aromatic heterocycles. The third-order valence-electron chi connectivity index (χ3n) is 4.29. The Labute approximate surface area is 122 Å². The molecule has 1 aliphatic rings. The van der Waals surface area contributed by atoms with Crippen LogP contribution in [0, 0.1) is 11.7 Å². The van der Waals surface area contributed by atoms with E-state index in [1.165, 1.54) is 6.07 Å². The summed E-state index contributed by atoms with van der Waals surface area (Å²) in [7, 11) is 0. The topological polar surface area (TPSA) is 12.0 Å². The summed E-state index contributed by atoms with van der Waals surface area (Å²) < 4.78 is 53.2. The Morgan fingerprint density at radius 1 is 1.19 bits per heavy atom. The average molecular weight is 303 g/mol. The van der Waals surface area contributed by atoms with Crippen molar-refractivity contribution in [1.82, 2.24) is 5.32 Å². The Morgan fingerprint density at radius 2 is 1.86 bits per heavy atom. The normalized spacial score (nSPS) is 24.8. The molecule has 1 fully saturated rings. The second kappa shape index (κ2) is 6.77. The van der Waals surface area contributed by atoms with Gasteiger partial charge in [0.15, 0.2) is 0 Å². The van der Waals surface area contributed by atoms with Gasteiger partial charge in [-0.1, -0.05) is 38.0 Å². The van der Waals surface area contributed by atoms with Crippen molar-refractivity contribution in [2.45, 2.75) is 57.3 Å². The van der Waals surface area contributed by atoms with Crippen LogP contribution in [0.5, 0.6) is 0 Å². The highest BCUT2D eigenvalue weighted by Gasteiger charge is 2.45. The van der Waals surface area contributed by atoms with E-state index in [2.05, 4.69) is 5.32 Å². The minimum atomic E-state index is -4.19. The van der Waals surface area contributed by atoms with Crippen LogP contribution in [-0.4, -0.2) is 12.2 Å². The van der Waals surface area contributed by atoms with E-state index in [1.54, 1.807) is 18.2 Å². The van der Waals surface area contributed by atoms with Crippen LogP contribution in [0.3, 0.4) is 0 Å². The van der Waals surface area contributed by atoms with E-state index in [0.717, 1.165) is 6.42 Å². The predicted molar refractivity (Wildman–Crippen MR) is 74.4 cm³/mol. The first-order valence-electron chi connectivity index (χ1n) is 7.50. The fraction of sp³-hybridized carbons (Fsp3) is 0.625. The first kappa shape index (κ1) is 16.3. The zero-order chi connectivity index (χ0) is 15.5. The summed E-state index contributed by atoms with van der Waals surface area (Å²) in [5.74, 6) is -1.69. The zero-order valence-electron chi connectivity index (χ0n) is 12.1. The Kier molecular flexibility index (Phi) is 5.25. The molecule has 1 aromatic carbocycles. The van der Waals surface area contributed by atoms with E-state index in [0.29, 0.717) is 24.8 Å². The van der Waals surface area contributed by atoms with Gasteiger partial charge in [0.2, 0.25) is 0 Å². The van der Waals surface area contributed by atoms with Crippen molar-refractivity contribution < 1.29 is 17.6 Å². The SMILES string of the molecule is CCC(NC1CCCCC1C(F)(F)F)c1ccccc1F. The summed E-state index contributed by atoms with van der Waals surface area (Å²) in [4.78, 5) is 0. The molecular weight excluding hydrogens is 282 g/mol. The van der Waals surface area contributed by atoms with E-state index in [-0.39, 0.29) is 18.3 Å². The van der Waals surface area contributed by atoms with Crippen molar-refractivity contribution in [3.63, 3.8) is 0 Å². The number of nitrogens with one attached hydrogen (secondary N) is 1. The van der Waals surface area contributed by atoms with Gasteiger partial charge in [0.25, 0.3) is 0 Å². The van der Waals surface area contributed by atoms with Gasteiger partial charge in [-0.15, -0.1) is 0 Å². The van der Waals surface area contributed by atoms with Gasteiger partial charge < -0.3 is 5.32 Å². The third-order valence-corrected chi connectivity index (χ3v) is 4.29. The fourth-order valence-corrected chi connectivity index (χ4v) is 3.17. The van der Waals surface area contributed by atoms with E-state index in [4.69, 9.17) is 0 Å². The fourth-order valence-electron chi connectivity index (χ4n) is 3.17. The Balaban J connectivity index is 2.15. The van der Waals surface area contributed by atoms with Crippen LogP contribution in [0.25, 0.3) is 0 Å². The minimum Gasteiger partial charge on any atom is -0.306 e. The molecule has 1 aliphatic carbocycles. The lowest BCUT2D eigenvalue weighted by molar-refractivity contribution is -0.189. The number of rotatable bonds is 4. The van der Waals surface area contributed by atoms with Crippen molar-refractivity contribution in [3.8, 4) is 0 Å². The van der Waals surface area contributed by atoms with Gasteiger partial charge in [-0.2, -0.15) is 13.2 Å². The Morgan fingerprint density at radius 3 is 2.48 bits per heavy atom. The number of benzene rings is 1. The maximum atomic E-state index is 13.8. The van der Waals surface area contributed by atoms with Crippen LogP contribution in [0.1, 0.15) is 50.6 Å². The zero-order valence-corrected chi connectivity index (χ0v) is 12.1. The predicted octanol–water partition coefficient (Wildman–Crippen LogP) is 4.99. The molecule has 2 rings (SSSR count). The highest BCUT2D eigenvalue weighted by atomic mass is 19.4. The second-order valence-corrected chi connectivity index (χ2v) is 5.69. The highest BCUT2D eigenvalue weighted by Crippen LogP contribution is 2.39. The molecule has 0 heterocycles. The van der Waals surface area contributed by atoms with Crippen molar-refractivity contribution >= 4 is 0 Å². The molecule has 1 N–H and O–H groups in total. The van der Waals surface area contributed by atoms with E-state index >= 15 is 0 Å². The van der Waals surface area contributed by atoms with Gasteiger partial charge in [0, 0.05) is 17.6 Å². The molecule has 3 atom stereocenters. The first-order valence-corrected chi connectivity index (χ1v) is 7.50. The van der Waals surface area contributed by atoms with Crippen LogP contribution in [0.2, 0.25) is 0 Å². The number of alkyl halides is 3. The molecule has 0 aliphatic heterocycles. The van der Waals surface area contributed by atoms with Gasteiger partial charge in [-0.25, -0.2) is 4.39 Å². The highest BCUT2D eigenvalue weighted by molar-refractivity contribution is 5.21. The van der Waals surface area contributed by atoms with Gasteiger partial charge in [0.05, 0.1) is 5.92 Å². The molecule has 3 unspecified atom stereocenters. The molecule has 0 spiro atoms. The standard InChI is InChI=1S/C16H21F4N/c1-2-14(11-7-3-5-9-13(11)17)21-15-10-6-4-8-12(15)16(18,19)20/h3,5,7,9,12,14-15,21H,2,4,6,8,10H2,1H3. The summed E-state index contributed by atoms with van der Waals surface area (Å²) in [6.45, 7) is 1.86. The molecule has 0 saturated heterocycles. The van der Waals surface area contributed by atoms with Crippen LogP contribution < -0.4 is 5.32 Å². The summed E-state index contributed by atoms with van der Waals surface area (Å²) in [6.07, 6.45) is -1.57. The van der Waals surface area contributed by atoms with Crippen molar-refractivity contribution in [2.24, 2.45) is 5.92 Å². The van der Waals surface area contributed by atoms with Crippen molar-refractivity contribution in [2.75, 3.05) is 0 Å². The summed E-state index contributed by atoms with van der Waals surface area (Å²) in [6, 6.07) is 5.29. The van der Waals surface area contributed by atoms with Crippen LogP contribution in [-0.2, 0) is 0 Å². The van der Waals surface area contributed by atoms with E-state index in [9.17, 15) is 17.6 Å². The largest absolute Gasteiger partial charge is 0.393 e. The summed E-state index contributed by atoms with van der Waals surface area (Å²) in [5.41, 5.74) is 0.450. The maximum absolute atomic E-state index is 13.8. The smallest absolute Gasteiger partial charge is 0.306 e. The molecule has 118 valence electrons. The molecule has 5 heteroatoms. The quantitative estimate of drug-likeness (QED) is 0.773. The third kappa shape index (κ3) is 3.96. The van der Waals surface area contributed by atoms with Gasteiger partial charge in [-0.3, -0.25) is 0 Å². The average Bonchev–Trinajstić information content (AvgIpc) is 2.45. The molecule has 1 nitrogen and oxygen atoms in total. The van der Waals surface area contributed by atoms with E-state index in [1.807, 2.05) is 6.92 Å². The van der Waals surface area contributed by atoms with Crippen LogP contribution in [0.15, 0.2) is 24.3 Å². The molecule has 21 heavy (non-hydrogen) atoms. The molecule has 0 bridgehead atoms. The van der Waals surface area contributed by atoms with Crippen molar-refractivity contribution in [3.05, 3.63) is 35.6 Å². The lowest BCUT2D eigenvalue weighted by Crippen LogP contribution is -2.46. The second-order valence-electron chi connectivity index (χ2n) is 5.69. The molecular formula is C16H21F4N. The lowest BCUT2D eigenvalue weighted by atomic mass is 9.83. The minimum absolute atomic E-state index is 0.162. The summed E-state index contributed by atoms with van der Waals surface area (Å²) >= 11 is 0. The molecule has 1 saturated carbocycles. The van der Waals surface area contributed by atoms with Crippen LogP contribution >= 0.6 is 0 Å². The maximum Gasteiger partial charge on any atom is 0.393 e.